The molecule has 0 amide bonds. The van der Waals surface area contributed by atoms with E-state index in [0.717, 1.165) is 5.56 Å². The highest BCUT2D eigenvalue weighted by Gasteiger charge is 2.19. The van der Waals surface area contributed by atoms with Crippen LogP contribution in [0.1, 0.15) is 22.8 Å². The summed E-state index contributed by atoms with van der Waals surface area (Å²) in [5, 5.41) is 3.70. The van der Waals surface area contributed by atoms with Crippen molar-refractivity contribution in [2.45, 2.75) is 6.92 Å². The van der Waals surface area contributed by atoms with Gasteiger partial charge in [-0.3, -0.25) is 9.59 Å². The third kappa shape index (κ3) is 5.22. The molecule has 0 radical (unpaired) electrons. The Morgan fingerprint density at radius 1 is 0.960 bits per heavy atom. The van der Waals surface area contributed by atoms with Crippen molar-refractivity contribution in [2.24, 2.45) is 0 Å². The summed E-state index contributed by atoms with van der Waals surface area (Å²) >= 11 is 1.40. The molecule has 2 rings (SSSR count). The van der Waals surface area contributed by atoms with Gasteiger partial charge in [0.2, 0.25) is 0 Å². The molecule has 0 spiro atoms. The summed E-state index contributed by atoms with van der Waals surface area (Å²) in [7, 11) is 0. The number of nitrogens with one attached hydrogen (secondary N) is 1. The van der Waals surface area contributed by atoms with Crippen LogP contribution in [0.2, 0.25) is 0 Å². The summed E-state index contributed by atoms with van der Waals surface area (Å²) in [6, 6.07) is 18.6. The maximum absolute atomic E-state index is 13.1. The highest BCUT2D eigenvalue weighted by Crippen LogP contribution is 2.27. The van der Waals surface area contributed by atoms with E-state index in [9.17, 15) is 9.59 Å². The standard InChI is InChI=1S/C20H21NO3S/c1-3-24-17(22)14-21-20(25-2)18(15-10-6-4-7-11-15)19(23)16-12-8-5-9-13-16/h4-13,21H,3,14H2,1-2H3/b20-18-. The van der Waals surface area contributed by atoms with Crippen molar-refractivity contribution in [3.8, 4) is 0 Å². The van der Waals surface area contributed by atoms with Gasteiger partial charge in [-0.25, -0.2) is 0 Å². The number of hydrogen-bond donors (Lipinski definition) is 1. The fraction of sp³-hybridized carbons (Fsp3) is 0.200. The monoisotopic (exact) mass is 355 g/mol. The molecule has 5 heteroatoms. The minimum atomic E-state index is -0.353. The lowest BCUT2D eigenvalue weighted by Crippen LogP contribution is -2.25. The summed E-state index contributed by atoms with van der Waals surface area (Å²) in [5.41, 5.74) is 1.95. The summed E-state index contributed by atoms with van der Waals surface area (Å²) in [5.74, 6) is -0.443. The molecule has 1 N–H and O–H groups in total. The molecule has 0 aliphatic carbocycles. The molecule has 0 heterocycles. The third-order valence-corrected chi connectivity index (χ3v) is 4.21. The summed E-state index contributed by atoms with van der Waals surface area (Å²) in [4.78, 5) is 24.7. The average molecular weight is 355 g/mol. The van der Waals surface area contributed by atoms with Crippen LogP contribution in [0.3, 0.4) is 0 Å². The molecule has 0 unspecified atom stereocenters. The van der Waals surface area contributed by atoms with Gasteiger partial charge in [0, 0.05) is 5.56 Å². The lowest BCUT2D eigenvalue weighted by molar-refractivity contribution is -0.141. The number of rotatable bonds is 8. The number of ether oxygens (including phenoxy) is 1. The first kappa shape index (κ1) is 18.8. The van der Waals surface area contributed by atoms with Gasteiger partial charge in [-0.15, -0.1) is 11.8 Å². The lowest BCUT2D eigenvalue weighted by Gasteiger charge is -2.15. The van der Waals surface area contributed by atoms with Crippen LogP contribution in [0, 0.1) is 0 Å². The first-order chi connectivity index (χ1) is 12.2. The zero-order chi connectivity index (χ0) is 18.1. The topological polar surface area (TPSA) is 55.4 Å². The van der Waals surface area contributed by atoms with Gasteiger partial charge in [0.15, 0.2) is 5.78 Å². The van der Waals surface area contributed by atoms with Crippen molar-refractivity contribution in [1.29, 1.82) is 0 Å². The summed E-state index contributed by atoms with van der Waals surface area (Å²) in [6.45, 7) is 2.10. The number of benzene rings is 2. The van der Waals surface area contributed by atoms with Crippen LogP contribution in [0.25, 0.3) is 5.57 Å². The number of hydrogen-bond acceptors (Lipinski definition) is 5. The SMILES string of the molecule is CCOC(=O)CN/C(SC)=C(/C(=O)c1ccccc1)c1ccccc1. The molecule has 0 bridgehead atoms. The predicted octanol–water partition coefficient (Wildman–Crippen LogP) is 3.75. The Labute approximate surface area is 152 Å². The van der Waals surface area contributed by atoms with E-state index in [1.54, 1.807) is 19.1 Å². The smallest absolute Gasteiger partial charge is 0.325 e. The molecule has 0 saturated carbocycles. The highest BCUT2D eigenvalue weighted by atomic mass is 32.2. The molecular weight excluding hydrogens is 334 g/mol. The Morgan fingerprint density at radius 3 is 2.04 bits per heavy atom. The Balaban J connectivity index is 2.41. The van der Waals surface area contributed by atoms with Crippen LogP contribution in [-0.2, 0) is 9.53 Å². The number of esters is 1. The Morgan fingerprint density at radius 2 is 1.52 bits per heavy atom. The molecule has 4 nitrogen and oxygen atoms in total. The number of carbonyl (C=O) groups is 2. The van der Waals surface area contributed by atoms with Gasteiger partial charge in [0.25, 0.3) is 0 Å². The lowest BCUT2D eigenvalue weighted by atomic mass is 9.97. The molecule has 2 aromatic carbocycles. The maximum atomic E-state index is 13.1. The van der Waals surface area contributed by atoms with Gasteiger partial charge in [0.05, 0.1) is 17.2 Å². The van der Waals surface area contributed by atoms with Crippen molar-refractivity contribution < 1.29 is 14.3 Å². The number of ketones is 1. The van der Waals surface area contributed by atoms with Gasteiger partial charge in [-0.05, 0) is 18.7 Å². The highest BCUT2D eigenvalue weighted by molar-refractivity contribution is 8.02. The fourth-order valence-electron chi connectivity index (χ4n) is 2.33. The Bertz CT molecular complexity index is 742. The van der Waals surface area contributed by atoms with E-state index < -0.39 is 0 Å². The van der Waals surface area contributed by atoms with Crippen LogP contribution in [0.15, 0.2) is 65.7 Å². The van der Waals surface area contributed by atoms with Crippen LogP contribution in [0.5, 0.6) is 0 Å². The predicted molar refractivity (Wildman–Crippen MR) is 102 cm³/mol. The molecule has 0 aliphatic heterocycles. The summed E-state index contributed by atoms with van der Waals surface area (Å²) in [6.07, 6.45) is 1.87. The van der Waals surface area contributed by atoms with Gasteiger partial charge >= 0.3 is 5.97 Å². The van der Waals surface area contributed by atoms with Crippen molar-refractivity contribution in [3.05, 3.63) is 76.8 Å². The van der Waals surface area contributed by atoms with E-state index >= 15 is 0 Å². The first-order valence-electron chi connectivity index (χ1n) is 8.00. The van der Waals surface area contributed by atoms with Crippen LogP contribution >= 0.6 is 11.8 Å². The molecule has 25 heavy (non-hydrogen) atoms. The van der Waals surface area contributed by atoms with E-state index in [0.29, 0.717) is 22.8 Å². The fourth-order valence-corrected chi connectivity index (χ4v) is 2.96. The number of allylic oxidation sites excluding steroid dienone is 1. The van der Waals surface area contributed by atoms with Gasteiger partial charge in [-0.2, -0.15) is 0 Å². The maximum Gasteiger partial charge on any atom is 0.325 e. The molecule has 0 saturated heterocycles. The van der Waals surface area contributed by atoms with Crippen LogP contribution < -0.4 is 5.32 Å². The van der Waals surface area contributed by atoms with Crippen molar-refractivity contribution in [1.82, 2.24) is 5.32 Å². The third-order valence-electron chi connectivity index (χ3n) is 3.46. The van der Waals surface area contributed by atoms with E-state index in [1.165, 1.54) is 11.8 Å². The Hall–Kier alpha value is -2.53. The minimum Gasteiger partial charge on any atom is -0.465 e. The molecule has 2 aromatic rings. The van der Waals surface area contributed by atoms with E-state index in [4.69, 9.17) is 4.74 Å². The largest absolute Gasteiger partial charge is 0.465 e. The van der Waals surface area contributed by atoms with Crippen LogP contribution in [-0.4, -0.2) is 31.2 Å². The second kappa shape index (κ2) is 9.69. The van der Waals surface area contributed by atoms with Crippen molar-refractivity contribution in [3.63, 3.8) is 0 Å². The second-order valence-electron chi connectivity index (χ2n) is 5.13. The number of Topliss-reactive ketones (excluding diaryl/α,β-unsaturated/α-hetero) is 1. The van der Waals surface area contributed by atoms with E-state index in [2.05, 4.69) is 5.32 Å². The molecular formula is C20H21NO3S. The van der Waals surface area contributed by atoms with Crippen molar-refractivity contribution >= 4 is 29.1 Å². The molecule has 130 valence electrons. The molecule has 0 fully saturated rings. The number of thioether (sulfide) groups is 1. The second-order valence-corrected chi connectivity index (χ2v) is 5.94. The van der Waals surface area contributed by atoms with Gasteiger partial charge < -0.3 is 10.1 Å². The average Bonchev–Trinajstić information content (AvgIpc) is 2.66. The van der Waals surface area contributed by atoms with Gasteiger partial charge in [0.1, 0.15) is 6.54 Å². The minimum absolute atomic E-state index is 0.0163. The molecule has 0 atom stereocenters. The molecule has 0 aliphatic rings. The zero-order valence-electron chi connectivity index (χ0n) is 14.3. The first-order valence-corrected chi connectivity index (χ1v) is 9.22. The van der Waals surface area contributed by atoms with Crippen molar-refractivity contribution in [2.75, 3.05) is 19.4 Å². The van der Waals surface area contributed by atoms with Gasteiger partial charge in [-0.1, -0.05) is 60.7 Å². The van der Waals surface area contributed by atoms with Crippen LogP contribution in [0.4, 0.5) is 0 Å². The van der Waals surface area contributed by atoms with E-state index in [-0.39, 0.29) is 18.3 Å². The molecule has 0 aromatic heterocycles. The van der Waals surface area contributed by atoms with E-state index in [1.807, 2.05) is 54.8 Å². The normalized spacial score (nSPS) is 11.4. The summed E-state index contributed by atoms with van der Waals surface area (Å²) < 4.78 is 4.95. The quantitative estimate of drug-likeness (QED) is 0.444. The number of carbonyl (C=O) groups excluding carboxylic acids is 2. The zero-order valence-corrected chi connectivity index (χ0v) is 15.1. The Kier molecular flexibility index (Phi) is 7.29.